The summed E-state index contributed by atoms with van der Waals surface area (Å²) >= 11 is 0. The molecule has 0 spiro atoms. The molecule has 1 fully saturated rings. The number of halogens is 1. The zero-order valence-corrected chi connectivity index (χ0v) is 13.4. The van der Waals surface area contributed by atoms with E-state index in [0.717, 1.165) is 5.56 Å². The van der Waals surface area contributed by atoms with Crippen LogP contribution < -0.4 is 5.56 Å². The van der Waals surface area contributed by atoms with Crippen molar-refractivity contribution in [3.63, 3.8) is 0 Å². The minimum Gasteiger partial charge on any atom is -0.469 e. The Morgan fingerprint density at radius 3 is 2.52 bits per heavy atom. The van der Waals surface area contributed by atoms with Gasteiger partial charge in [0.25, 0.3) is 11.5 Å². The molecule has 1 N–H and O–H groups in total. The average molecular weight is 345 g/mol. The quantitative estimate of drug-likeness (QED) is 0.836. The number of esters is 1. The molecular weight excluding hydrogens is 329 g/mol. The third kappa shape index (κ3) is 3.42. The number of aromatic amines is 1. The molecule has 0 bridgehead atoms. The lowest BCUT2D eigenvalue weighted by Gasteiger charge is -2.16. The van der Waals surface area contributed by atoms with Gasteiger partial charge >= 0.3 is 5.97 Å². The van der Waals surface area contributed by atoms with Crippen molar-refractivity contribution in [2.75, 3.05) is 20.2 Å². The van der Waals surface area contributed by atoms with E-state index in [9.17, 15) is 18.8 Å². The molecular formula is C17H16FN3O4. The van der Waals surface area contributed by atoms with Crippen molar-refractivity contribution in [1.29, 1.82) is 0 Å². The maximum absolute atomic E-state index is 13.2. The molecule has 25 heavy (non-hydrogen) atoms. The molecule has 1 aromatic heterocycles. The summed E-state index contributed by atoms with van der Waals surface area (Å²) < 4.78 is 18.0. The fourth-order valence-corrected chi connectivity index (χ4v) is 3.03. The second kappa shape index (κ2) is 6.84. The van der Waals surface area contributed by atoms with Gasteiger partial charge in [-0.25, -0.2) is 9.49 Å². The smallest absolute Gasteiger partial charge is 0.311 e. The van der Waals surface area contributed by atoms with Crippen LogP contribution in [-0.4, -0.2) is 47.2 Å². The summed E-state index contributed by atoms with van der Waals surface area (Å²) in [6.45, 7) is 0.430. The largest absolute Gasteiger partial charge is 0.469 e. The summed E-state index contributed by atoms with van der Waals surface area (Å²) in [4.78, 5) is 37.2. The molecule has 1 aliphatic heterocycles. The van der Waals surface area contributed by atoms with Gasteiger partial charge < -0.3 is 9.64 Å². The normalized spacial score (nSPS) is 19.7. The predicted octanol–water partition coefficient (Wildman–Crippen LogP) is 0.938. The van der Waals surface area contributed by atoms with Gasteiger partial charge in [0, 0.05) is 25.1 Å². The SMILES string of the molecule is COC(=O)[C@H]1CN(C(=O)c2ccc(=O)[nH]n2)C[C@@H]1c1ccc(F)cc1. The van der Waals surface area contributed by atoms with Gasteiger partial charge in [0.05, 0.1) is 13.0 Å². The first-order valence-corrected chi connectivity index (χ1v) is 7.68. The van der Waals surface area contributed by atoms with Crippen molar-refractivity contribution in [2.45, 2.75) is 5.92 Å². The molecule has 1 amide bonds. The minimum absolute atomic E-state index is 0.0861. The molecule has 1 aromatic carbocycles. The van der Waals surface area contributed by atoms with Crippen LogP contribution in [0, 0.1) is 11.7 Å². The molecule has 130 valence electrons. The zero-order valence-electron chi connectivity index (χ0n) is 13.4. The van der Waals surface area contributed by atoms with E-state index >= 15 is 0 Å². The van der Waals surface area contributed by atoms with E-state index in [-0.39, 0.29) is 30.5 Å². The van der Waals surface area contributed by atoms with Crippen LogP contribution in [-0.2, 0) is 9.53 Å². The van der Waals surface area contributed by atoms with Gasteiger partial charge in [-0.3, -0.25) is 14.4 Å². The first kappa shape index (κ1) is 16.8. The number of H-pyrrole nitrogens is 1. The van der Waals surface area contributed by atoms with Crippen LogP contribution in [0.3, 0.4) is 0 Å². The number of ether oxygens (including phenoxy) is 1. The number of carbonyl (C=O) groups excluding carboxylic acids is 2. The zero-order chi connectivity index (χ0) is 18.0. The highest BCUT2D eigenvalue weighted by Crippen LogP contribution is 2.34. The minimum atomic E-state index is -0.554. The Balaban J connectivity index is 1.87. The molecule has 2 aromatic rings. The van der Waals surface area contributed by atoms with Gasteiger partial charge in [0.2, 0.25) is 0 Å². The van der Waals surface area contributed by atoms with Crippen molar-refractivity contribution in [3.8, 4) is 0 Å². The number of aromatic nitrogens is 2. The first-order valence-electron chi connectivity index (χ1n) is 7.68. The number of nitrogens with zero attached hydrogens (tertiary/aromatic N) is 2. The Morgan fingerprint density at radius 1 is 1.20 bits per heavy atom. The highest BCUT2D eigenvalue weighted by atomic mass is 19.1. The standard InChI is InChI=1S/C17H16FN3O4/c1-25-17(24)13-9-21(16(23)14-6-7-15(22)20-19-14)8-12(13)10-2-4-11(18)5-3-10/h2-7,12-13H,8-9H2,1H3,(H,20,22)/t12-,13+/m1/s1. The van der Waals surface area contributed by atoms with Crippen LogP contribution in [0.15, 0.2) is 41.2 Å². The summed E-state index contributed by atoms with van der Waals surface area (Å²) in [5.41, 5.74) is 0.430. The summed E-state index contributed by atoms with van der Waals surface area (Å²) in [6, 6.07) is 8.38. The van der Waals surface area contributed by atoms with E-state index in [1.54, 1.807) is 12.1 Å². The van der Waals surface area contributed by atoms with E-state index in [1.807, 2.05) is 0 Å². The van der Waals surface area contributed by atoms with Crippen LogP contribution >= 0.6 is 0 Å². The van der Waals surface area contributed by atoms with Gasteiger partial charge in [0.1, 0.15) is 11.5 Å². The number of carbonyl (C=O) groups is 2. The van der Waals surface area contributed by atoms with Crippen LogP contribution in [0.5, 0.6) is 0 Å². The highest BCUT2D eigenvalue weighted by molar-refractivity contribution is 5.93. The number of nitrogens with one attached hydrogen (secondary N) is 1. The molecule has 0 aliphatic carbocycles. The van der Waals surface area contributed by atoms with Crippen molar-refractivity contribution in [1.82, 2.24) is 15.1 Å². The van der Waals surface area contributed by atoms with Gasteiger partial charge in [-0.2, -0.15) is 5.10 Å². The Labute approximate surface area is 142 Å². The molecule has 8 heteroatoms. The monoisotopic (exact) mass is 345 g/mol. The topological polar surface area (TPSA) is 92.4 Å². The second-order valence-corrected chi connectivity index (χ2v) is 5.80. The predicted molar refractivity (Wildman–Crippen MR) is 85.4 cm³/mol. The molecule has 0 saturated carbocycles. The number of likely N-dealkylation sites (tertiary alicyclic amines) is 1. The van der Waals surface area contributed by atoms with Crippen molar-refractivity contribution in [2.24, 2.45) is 5.92 Å². The summed E-state index contributed by atoms with van der Waals surface area (Å²) in [5, 5.41) is 5.94. The van der Waals surface area contributed by atoms with E-state index in [2.05, 4.69) is 10.2 Å². The Bertz CT molecular complexity index is 829. The van der Waals surface area contributed by atoms with Crippen molar-refractivity contribution < 1.29 is 18.7 Å². The van der Waals surface area contributed by atoms with Gasteiger partial charge in [-0.1, -0.05) is 12.1 Å². The average Bonchev–Trinajstić information content (AvgIpc) is 3.07. The molecule has 0 radical (unpaired) electrons. The van der Waals surface area contributed by atoms with E-state index in [4.69, 9.17) is 4.74 Å². The summed E-state index contributed by atoms with van der Waals surface area (Å²) in [5.74, 6) is -2.06. The lowest BCUT2D eigenvalue weighted by molar-refractivity contribution is -0.145. The number of hydrogen-bond acceptors (Lipinski definition) is 5. The van der Waals surface area contributed by atoms with Gasteiger partial charge in [0.15, 0.2) is 0 Å². The molecule has 1 saturated heterocycles. The lowest BCUT2D eigenvalue weighted by Crippen LogP contribution is -2.31. The van der Waals surface area contributed by atoms with Crippen LogP contribution in [0.1, 0.15) is 22.0 Å². The highest BCUT2D eigenvalue weighted by Gasteiger charge is 2.41. The fourth-order valence-electron chi connectivity index (χ4n) is 3.03. The molecule has 3 rings (SSSR count). The van der Waals surface area contributed by atoms with E-state index < -0.39 is 23.4 Å². The summed E-state index contributed by atoms with van der Waals surface area (Å²) in [6.07, 6.45) is 0. The molecule has 2 heterocycles. The Kier molecular flexibility index (Phi) is 4.60. The van der Waals surface area contributed by atoms with Gasteiger partial charge in [-0.15, -0.1) is 0 Å². The van der Waals surface area contributed by atoms with Crippen molar-refractivity contribution >= 4 is 11.9 Å². The second-order valence-electron chi connectivity index (χ2n) is 5.80. The number of hydrogen-bond donors (Lipinski definition) is 1. The third-order valence-corrected chi connectivity index (χ3v) is 4.31. The molecule has 2 atom stereocenters. The molecule has 7 nitrogen and oxygen atoms in total. The van der Waals surface area contributed by atoms with Crippen LogP contribution in [0.2, 0.25) is 0 Å². The Morgan fingerprint density at radius 2 is 1.92 bits per heavy atom. The molecule has 1 aliphatic rings. The summed E-state index contributed by atoms with van der Waals surface area (Å²) in [7, 11) is 1.29. The van der Waals surface area contributed by atoms with E-state index in [0.29, 0.717) is 0 Å². The van der Waals surface area contributed by atoms with Gasteiger partial charge in [-0.05, 0) is 23.8 Å². The van der Waals surface area contributed by atoms with Crippen LogP contribution in [0.25, 0.3) is 0 Å². The first-order chi connectivity index (χ1) is 12.0. The third-order valence-electron chi connectivity index (χ3n) is 4.31. The fraction of sp³-hybridized carbons (Fsp3) is 0.294. The van der Waals surface area contributed by atoms with E-state index in [1.165, 1.54) is 36.3 Å². The lowest BCUT2D eigenvalue weighted by atomic mass is 9.89. The number of amides is 1. The van der Waals surface area contributed by atoms with Crippen LogP contribution in [0.4, 0.5) is 4.39 Å². The maximum atomic E-state index is 13.2. The Hall–Kier alpha value is -3.03. The molecule has 0 unspecified atom stereocenters. The maximum Gasteiger partial charge on any atom is 0.311 e. The van der Waals surface area contributed by atoms with Crippen molar-refractivity contribution in [3.05, 3.63) is 63.8 Å². The number of benzene rings is 1. The number of methoxy groups -OCH3 is 1. The number of rotatable bonds is 3.